The third-order valence-corrected chi connectivity index (χ3v) is 12.5. The summed E-state index contributed by atoms with van der Waals surface area (Å²) in [4.78, 5) is 188. The number of aliphatic hydroxyl groups excluding tert-OH is 2. The molecular formula is C52H72N12O19. The molecule has 0 bridgehead atoms. The number of hydrazine groups is 1. The molecule has 454 valence electrons. The fourth-order valence-corrected chi connectivity index (χ4v) is 8.10. The number of carbonyl (C=O) groups excluding carboxylic acids is 12. The van der Waals surface area contributed by atoms with Crippen molar-refractivity contribution < 1.29 is 92.7 Å². The van der Waals surface area contributed by atoms with E-state index in [1.165, 1.54) is 38.1 Å². The van der Waals surface area contributed by atoms with Crippen molar-refractivity contribution in [2.75, 3.05) is 19.8 Å². The van der Waals surface area contributed by atoms with E-state index < -0.39 is 194 Å². The van der Waals surface area contributed by atoms with Gasteiger partial charge in [0.2, 0.25) is 58.8 Å². The number of carboxylic acid groups (broad SMARTS) is 2. The van der Waals surface area contributed by atoms with Crippen molar-refractivity contribution in [3.63, 3.8) is 0 Å². The number of ketones is 3. The predicted molar refractivity (Wildman–Crippen MR) is 287 cm³/mol. The lowest BCUT2D eigenvalue weighted by atomic mass is 9.90. The lowest BCUT2D eigenvalue weighted by molar-refractivity contribution is -0.143. The van der Waals surface area contributed by atoms with Crippen LogP contribution in [0.15, 0.2) is 54.6 Å². The highest BCUT2D eigenvalue weighted by molar-refractivity contribution is 6.41. The number of aromatic hydroxyl groups is 1. The number of carboxylic acids is 2. The number of hydrogen-bond donors (Lipinski definition) is 17. The van der Waals surface area contributed by atoms with Gasteiger partial charge >= 0.3 is 11.9 Å². The molecule has 2 aromatic rings. The number of phenols is 1. The van der Waals surface area contributed by atoms with Gasteiger partial charge in [-0.05, 0) is 47.9 Å². The Balaban J connectivity index is 2.16. The number of rotatable bonds is 15. The zero-order valence-electron chi connectivity index (χ0n) is 45.8. The number of aliphatic hydroxyl groups is 2. The van der Waals surface area contributed by atoms with Crippen LogP contribution in [0, 0.1) is 11.8 Å². The first kappa shape index (κ1) is 68.5. The molecule has 0 spiro atoms. The number of nitrogens with two attached hydrogens (primary N) is 2. The van der Waals surface area contributed by atoms with Gasteiger partial charge < -0.3 is 79.5 Å². The molecule has 3 rings (SSSR count). The van der Waals surface area contributed by atoms with E-state index in [1.54, 1.807) is 44.2 Å². The summed E-state index contributed by atoms with van der Waals surface area (Å²) in [6.07, 6.45) is -4.80. The van der Waals surface area contributed by atoms with Crippen LogP contribution in [0.1, 0.15) is 70.9 Å². The Morgan fingerprint density at radius 1 is 0.530 bits per heavy atom. The van der Waals surface area contributed by atoms with E-state index in [0.717, 1.165) is 0 Å². The summed E-state index contributed by atoms with van der Waals surface area (Å²) in [7, 11) is 0. The number of amides is 9. The molecule has 19 N–H and O–H groups in total. The van der Waals surface area contributed by atoms with Gasteiger partial charge in [-0.2, -0.15) is 0 Å². The highest BCUT2D eigenvalue weighted by atomic mass is 16.4. The molecule has 0 radical (unpaired) electrons. The number of nitrogens with one attached hydrogen (secondary N) is 10. The maximum absolute atomic E-state index is 14.3. The largest absolute Gasteiger partial charge is 0.508 e. The summed E-state index contributed by atoms with van der Waals surface area (Å²) in [5.41, 5.74) is 17.1. The lowest BCUT2D eigenvalue weighted by Gasteiger charge is -2.27. The molecule has 0 aromatic heterocycles. The molecule has 0 saturated carbocycles. The van der Waals surface area contributed by atoms with Crippen molar-refractivity contribution in [2.24, 2.45) is 23.3 Å². The van der Waals surface area contributed by atoms with Gasteiger partial charge in [0.05, 0.1) is 57.1 Å². The highest BCUT2D eigenvalue weighted by Gasteiger charge is 2.39. The summed E-state index contributed by atoms with van der Waals surface area (Å²) in [5.74, 6) is -19.4. The molecule has 9 amide bonds. The van der Waals surface area contributed by atoms with Gasteiger partial charge in [0.25, 0.3) is 5.91 Å². The number of phenolic OH excluding ortho intramolecular Hbond substituents is 1. The zero-order valence-corrected chi connectivity index (χ0v) is 45.8. The van der Waals surface area contributed by atoms with E-state index in [2.05, 4.69) is 37.4 Å². The van der Waals surface area contributed by atoms with Gasteiger partial charge in [-0.1, -0.05) is 70.2 Å². The molecule has 31 heteroatoms. The van der Waals surface area contributed by atoms with Crippen molar-refractivity contribution >= 4 is 82.5 Å². The first-order chi connectivity index (χ1) is 39.0. The van der Waals surface area contributed by atoms with E-state index in [0.29, 0.717) is 11.1 Å². The Morgan fingerprint density at radius 3 is 1.42 bits per heavy atom. The van der Waals surface area contributed by atoms with E-state index >= 15 is 0 Å². The number of Topliss-reactive ketones (excluding diaryl/α,β-unsaturated/α-hetero) is 3. The van der Waals surface area contributed by atoms with Gasteiger partial charge in [-0.25, -0.2) is 5.43 Å². The predicted octanol–water partition coefficient (Wildman–Crippen LogP) is -6.53. The van der Waals surface area contributed by atoms with E-state index in [4.69, 9.17) is 11.5 Å². The lowest BCUT2D eigenvalue weighted by Crippen LogP contribution is -2.62. The molecule has 1 heterocycles. The van der Waals surface area contributed by atoms with Crippen molar-refractivity contribution in [3.05, 3.63) is 65.7 Å². The van der Waals surface area contributed by atoms with Crippen molar-refractivity contribution in [1.29, 1.82) is 0 Å². The van der Waals surface area contributed by atoms with Gasteiger partial charge in [-0.3, -0.25) is 72.5 Å². The molecule has 1 aliphatic rings. The number of hydrogen-bond acceptors (Lipinski definition) is 20. The third kappa shape index (κ3) is 22.9. The van der Waals surface area contributed by atoms with Crippen LogP contribution < -0.4 is 64.9 Å². The van der Waals surface area contributed by atoms with Crippen LogP contribution in [-0.4, -0.2) is 188 Å². The average Bonchev–Trinajstić information content (AvgIpc) is 3.55. The third-order valence-electron chi connectivity index (χ3n) is 12.5. The molecule has 1 saturated heterocycles. The molecule has 0 aliphatic carbocycles. The molecule has 1 aliphatic heterocycles. The zero-order chi connectivity index (χ0) is 62.2. The van der Waals surface area contributed by atoms with E-state index in [1.807, 2.05) is 16.0 Å². The molecule has 5 unspecified atom stereocenters. The normalized spacial score (nSPS) is 25.1. The van der Waals surface area contributed by atoms with Crippen LogP contribution >= 0.6 is 0 Å². The Morgan fingerprint density at radius 2 is 0.952 bits per heavy atom. The van der Waals surface area contributed by atoms with E-state index in [-0.39, 0.29) is 30.9 Å². The second kappa shape index (κ2) is 33.2. The maximum Gasteiger partial charge on any atom is 0.305 e. The van der Waals surface area contributed by atoms with Gasteiger partial charge in [0.15, 0.2) is 0 Å². The number of aliphatic carboxylic acids is 2. The standard InChI is InChI=1S/C52H72N12O19/c1-24(2)14-31-43(74)44(75)42(25(3)4)62-49(80)33(18-39(54)69)57-51(82)37(22-65)61-52(83)38(23-66)60-48(79)35(20-41(72)73)59-47(78)34(19-40(70)71)58-46(77)32(15-26-8-6-5-7-9-26)56-50(81)36(16-27-10-12-28(67)13-11-27)63-64-45(76)30(53)17-29(68)21-55-31/h5-13,24-25,30-38,42,55,63,65-67H,14-23,53H2,1-4H3,(H2,54,69)(H,56,81)(H,57,82)(H,58,77)(H,59,78)(H,60,79)(H,61,83)(H,62,80)(H,64,76)(H,70,71)(H,72,73)/t30?,31-,32-,33?,34?,35-,36?,37-,38?,42-/m0/s1. The van der Waals surface area contributed by atoms with Crippen LogP contribution in [-0.2, 0) is 80.0 Å². The monoisotopic (exact) mass is 1170 g/mol. The van der Waals surface area contributed by atoms with Crippen LogP contribution in [0.4, 0.5) is 0 Å². The minimum absolute atomic E-state index is 0.0400. The van der Waals surface area contributed by atoms with Crippen LogP contribution in [0.5, 0.6) is 5.75 Å². The summed E-state index contributed by atoms with van der Waals surface area (Å²) in [6, 6.07) is -4.98. The quantitative estimate of drug-likeness (QED) is 0.0737. The Hall–Kier alpha value is -8.78. The molecule has 83 heavy (non-hydrogen) atoms. The summed E-state index contributed by atoms with van der Waals surface area (Å²) >= 11 is 0. The topological polar surface area (TPSA) is 512 Å². The minimum Gasteiger partial charge on any atom is -0.508 e. The molecule has 31 nitrogen and oxygen atoms in total. The summed E-state index contributed by atoms with van der Waals surface area (Å²) in [5, 5.41) is 67.5. The SMILES string of the molecule is CC(C)C[C@@H]1NCC(=O)CC(N)C(=O)NNC(Cc2ccc(O)cc2)C(=O)N[C@@H](Cc2ccccc2)C(=O)NC(CC(=O)O)C(=O)N[C@@H](CC(=O)O)C(=O)NC(CO)C(=O)N[C@@H](CO)C(=O)NC(CC(N)=O)C(=O)N[C@@H](C(C)C)C(=O)C1=O. The minimum atomic E-state index is -2.21. The summed E-state index contributed by atoms with van der Waals surface area (Å²) in [6.45, 7) is 3.08. The number of primary amides is 1. The van der Waals surface area contributed by atoms with E-state index in [9.17, 15) is 92.7 Å². The second-order valence-electron chi connectivity index (χ2n) is 20.2. The first-order valence-corrected chi connectivity index (χ1v) is 26.1. The Bertz CT molecular complexity index is 2690. The fraction of sp³-hybridized carbons (Fsp3) is 0.500. The maximum atomic E-state index is 14.3. The molecule has 2 aromatic carbocycles. The Kier molecular flexibility index (Phi) is 27.4. The van der Waals surface area contributed by atoms with Crippen LogP contribution in [0.25, 0.3) is 0 Å². The van der Waals surface area contributed by atoms with Crippen molar-refractivity contribution in [3.8, 4) is 5.75 Å². The van der Waals surface area contributed by atoms with Crippen molar-refractivity contribution in [1.82, 2.24) is 53.4 Å². The molecule has 1 fully saturated rings. The van der Waals surface area contributed by atoms with Gasteiger partial charge in [0.1, 0.15) is 53.8 Å². The fourth-order valence-electron chi connectivity index (χ4n) is 8.10. The number of carbonyl (C=O) groups is 14. The number of benzene rings is 2. The molecular weight excluding hydrogens is 1100 g/mol. The Labute approximate surface area is 474 Å². The van der Waals surface area contributed by atoms with Crippen LogP contribution in [0.3, 0.4) is 0 Å². The van der Waals surface area contributed by atoms with Crippen molar-refractivity contribution in [2.45, 2.75) is 133 Å². The molecule has 10 atom stereocenters. The summed E-state index contributed by atoms with van der Waals surface area (Å²) < 4.78 is 0. The first-order valence-electron chi connectivity index (χ1n) is 26.1. The average molecular weight is 1170 g/mol. The second-order valence-corrected chi connectivity index (χ2v) is 20.2. The van der Waals surface area contributed by atoms with Gasteiger partial charge in [0, 0.05) is 12.8 Å². The van der Waals surface area contributed by atoms with Gasteiger partial charge in [-0.15, -0.1) is 0 Å². The smallest absolute Gasteiger partial charge is 0.305 e. The highest BCUT2D eigenvalue weighted by Crippen LogP contribution is 2.15. The van der Waals surface area contributed by atoms with Crippen LogP contribution in [0.2, 0.25) is 0 Å².